The summed E-state index contributed by atoms with van der Waals surface area (Å²) in [6, 6.07) is 12.9. The number of ether oxygens (including phenoxy) is 1. The molecule has 2 aromatic carbocycles. The SMILES string of the molecule is CCOC(=O)c1cccc(NC(=O)c2cn[nH]c2S(=O)(=O)Nc2ccc(C)cc2)c1. The van der Waals surface area contributed by atoms with Crippen molar-refractivity contribution >= 4 is 33.3 Å². The largest absolute Gasteiger partial charge is 0.462 e. The third kappa shape index (κ3) is 4.84. The molecule has 0 aliphatic carbocycles. The van der Waals surface area contributed by atoms with Crippen molar-refractivity contribution in [3.05, 3.63) is 71.4 Å². The molecule has 30 heavy (non-hydrogen) atoms. The van der Waals surface area contributed by atoms with E-state index in [-0.39, 0.29) is 22.8 Å². The Hall–Kier alpha value is -3.66. The maximum atomic E-state index is 12.7. The Kier molecular flexibility index (Phi) is 6.17. The van der Waals surface area contributed by atoms with Crippen molar-refractivity contribution in [2.45, 2.75) is 18.9 Å². The number of aromatic amines is 1. The number of hydrogen-bond donors (Lipinski definition) is 3. The topological polar surface area (TPSA) is 130 Å². The van der Waals surface area contributed by atoms with Crippen molar-refractivity contribution in [2.75, 3.05) is 16.6 Å². The third-order valence-electron chi connectivity index (χ3n) is 4.05. The molecule has 0 atom stereocenters. The van der Waals surface area contributed by atoms with Gasteiger partial charge in [-0.3, -0.25) is 14.6 Å². The van der Waals surface area contributed by atoms with Gasteiger partial charge in [-0.15, -0.1) is 0 Å². The van der Waals surface area contributed by atoms with Gasteiger partial charge >= 0.3 is 5.97 Å². The molecule has 1 aromatic heterocycles. The number of anilines is 2. The number of carbonyl (C=O) groups excluding carboxylic acids is 2. The molecule has 9 nitrogen and oxygen atoms in total. The van der Waals surface area contributed by atoms with Crippen LogP contribution in [0.4, 0.5) is 11.4 Å². The van der Waals surface area contributed by atoms with Crippen molar-refractivity contribution < 1.29 is 22.7 Å². The molecule has 1 heterocycles. The van der Waals surface area contributed by atoms with E-state index in [1.807, 2.05) is 6.92 Å². The normalized spacial score (nSPS) is 11.0. The fourth-order valence-corrected chi connectivity index (χ4v) is 3.76. The lowest BCUT2D eigenvalue weighted by Crippen LogP contribution is -2.20. The van der Waals surface area contributed by atoms with Crippen LogP contribution in [0.5, 0.6) is 0 Å². The Morgan fingerprint density at radius 1 is 1.10 bits per heavy atom. The van der Waals surface area contributed by atoms with E-state index in [2.05, 4.69) is 20.2 Å². The Morgan fingerprint density at radius 3 is 2.53 bits per heavy atom. The molecule has 3 N–H and O–H groups in total. The Morgan fingerprint density at radius 2 is 1.83 bits per heavy atom. The molecule has 0 aliphatic heterocycles. The molecule has 156 valence electrons. The quantitative estimate of drug-likeness (QED) is 0.496. The molecular weight excluding hydrogens is 408 g/mol. The predicted octanol–water partition coefficient (Wildman–Crippen LogP) is 2.95. The minimum Gasteiger partial charge on any atom is -0.462 e. The van der Waals surface area contributed by atoms with E-state index in [1.54, 1.807) is 49.4 Å². The number of carbonyl (C=O) groups is 2. The first-order chi connectivity index (χ1) is 14.3. The van der Waals surface area contributed by atoms with Crippen LogP contribution in [0.1, 0.15) is 33.2 Å². The summed E-state index contributed by atoms with van der Waals surface area (Å²) in [5.74, 6) is -1.23. The summed E-state index contributed by atoms with van der Waals surface area (Å²) in [4.78, 5) is 24.5. The van der Waals surface area contributed by atoms with Crippen molar-refractivity contribution in [3.8, 4) is 0 Å². The number of H-pyrrole nitrogens is 1. The summed E-state index contributed by atoms with van der Waals surface area (Å²) < 4.78 is 32.8. The zero-order valence-corrected chi connectivity index (χ0v) is 17.1. The van der Waals surface area contributed by atoms with Crippen molar-refractivity contribution in [3.63, 3.8) is 0 Å². The van der Waals surface area contributed by atoms with Gasteiger partial charge in [0.05, 0.1) is 23.9 Å². The average molecular weight is 428 g/mol. The number of nitrogens with zero attached hydrogens (tertiary/aromatic N) is 1. The molecule has 0 saturated heterocycles. The van der Waals surface area contributed by atoms with Crippen molar-refractivity contribution in [1.29, 1.82) is 0 Å². The number of sulfonamides is 1. The molecule has 0 aliphatic rings. The number of nitrogens with one attached hydrogen (secondary N) is 3. The molecule has 1 amide bonds. The number of aryl methyl sites for hydroxylation is 1. The summed E-state index contributed by atoms with van der Waals surface area (Å²) in [6.45, 7) is 3.79. The van der Waals surface area contributed by atoms with E-state index >= 15 is 0 Å². The fourth-order valence-electron chi connectivity index (χ4n) is 2.61. The highest BCUT2D eigenvalue weighted by Crippen LogP contribution is 2.20. The number of aromatic nitrogens is 2. The van der Waals surface area contributed by atoms with Crippen LogP contribution >= 0.6 is 0 Å². The highest BCUT2D eigenvalue weighted by Gasteiger charge is 2.25. The monoisotopic (exact) mass is 428 g/mol. The van der Waals surface area contributed by atoms with Crippen LogP contribution in [-0.2, 0) is 14.8 Å². The second kappa shape index (κ2) is 8.78. The van der Waals surface area contributed by atoms with Gasteiger partial charge in [-0.05, 0) is 44.2 Å². The van der Waals surface area contributed by atoms with Crippen LogP contribution in [0.15, 0.2) is 59.8 Å². The summed E-state index contributed by atoms with van der Waals surface area (Å²) in [5, 5.41) is 8.25. The van der Waals surface area contributed by atoms with Gasteiger partial charge in [0.1, 0.15) is 0 Å². The first kappa shape index (κ1) is 21.1. The Labute approximate surface area is 173 Å². The van der Waals surface area contributed by atoms with Gasteiger partial charge in [-0.1, -0.05) is 23.8 Å². The highest BCUT2D eigenvalue weighted by molar-refractivity contribution is 7.92. The lowest BCUT2D eigenvalue weighted by Gasteiger charge is -2.10. The van der Waals surface area contributed by atoms with Gasteiger partial charge < -0.3 is 10.1 Å². The minimum atomic E-state index is -4.08. The van der Waals surface area contributed by atoms with Gasteiger partial charge in [-0.2, -0.15) is 13.5 Å². The first-order valence-corrected chi connectivity index (χ1v) is 10.5. The van der Waals surface area contributed by atoms with E-state index in [0.29, 0.717) is 11.4 Å². The fraction of sp³-hybridized carbons (Fsp3) is 0.150. The van der Waals surface area contributed by atoms with Crippen LogP contribution in [0.3, 0.4) is 0 Å². The van der Waals surface area contributed by atoms with E-state index in [4.69, 9.17) is 4.74 Å². The number of rotatable bonds is 7. The zero-order chi connectivity index (χ0) is 21.7. The van der Waals surface area contributed by atoms with Crippen LogP contribution in [0.25, 0.3) is 0 Å². The van der Waals surface area contributed by atoms with Gasteiger partial charge in [-0.25, -0.2) is 4.79 Å². The molecule has 0 spiro atoms. The Balaban J connectivity index is 1.80. The average Bonchev–Trinajstić information content (AvgIpc) is 3.21. The number of hydrogen-bond acceptors (Lipinski definition) is 6. The number of amides is 1. The summed E-state index contributed by atoms with van der Waals surface area (Å²) in [6.07, 6.45) is 1.12. The van der Waals surface area contributed by atoms with E-state index in [1.165, 1.54) is 6.07 Å². The van der Waals surface area contributed by atoms with E-state index in [0.717, 1.165) is 11.8 Å². The van der Waals surface area contributed by atoms with E-state index in [9.17, 15) is 18.0 Å². The third-order valence-corrected chi connectivity index (χ3v) is 5.41. The number of esters is 1. The van der Waals surface area contributed by atoms with Crippen LogP contribution < -0.4 is 10.0 Å². The molecule has 0 radical (unpaired) electrons. The first-order valence-electron chi connectivity index (χ1n) is 9.01. The maximum absolute atomic E-state index is 12.7. The van der Waals surface area contributed by atoms with Gasteiger partial charge in [0, 0.05) is 11.4 Å². The van der Waals surface area contributed by atoms with Crippen LogP contribution in [0, 0.1) is 6.92 Å². The lowest BCUT2D eigenvalue weighted by molar-refractivity contribution is 0.0526. The lowest BCUT2D eigenvalue weighted by atomic mass is 10.2. The Bertz CT molecular complexity index is 1170. The van der Waals surface area contributed by atoms with Crippen LogP contribution in [-0.4, -0.2) is 37.1 Å². The molecule has 3 aromatic rings. The van der Waals surface area contributed by atoms with Gasteiger partial charge in [0.2, 0.25) is 0 Å². The zero-order valence-electron chi connectivity index (χ0n) is 16.3. The van der Waals surface area contributed by atoms with E-state index < -0.39 is 21.9 Å². The molecule has 0 saturated carbocycles. The summed E-state index contributed by atoms with van der Waals surface area (Å²) in [5.41, 5.74) is 1.72. The van der Waals surface area contributed by atoms with Crippen molar-refractivity contribution in [2.24, 2.45) is 0 Å². The smallest absolute Gasteiger partial charge is 0.338 e. The second-order valence-electron chi connectivity index (χ2n) is 6.34. The molecule has 0 fully saturated rings. The van der Waals surface area contributed by atoms with Crippen molar-refractivity contribution in [1.82, 2.24) is 10.2 Å². The summed E-state index contributed by atoms with van der Waals surface area (Å²) in [7, 11) is -4.08. The van der Waals surface area contributed by atoms with Gasteiger partial charge in [0.25, 0.3) is 15.9 Å². The predicted molar refractivity (Wildman–Crippen MR) is 111 cm³/mol. The van der Waals surface area contributed by atoms with Gasteiger partial charge in [0.15, 0.2) is 5.03 Å². The molecule has 0 unspecified atom stereocenters. The molecule has 0 bridgehead atoms. The highest BCUT2D eigenvalue weighted by atomic mass is 32.2. The molecule has 3 rings (SSSR count). The molecule has 10 heteroatoms. The second-order valence-corrected chi connectivity index (χ2v) is 7.96. The molecular formula is C20H20N4O5S. The summed E-state index contributed by atoms with van der Waals surface area (Å²) >= 11 is 0. The maximum Gasteiger partial charge on any atom is 0.338 e. The number of benzene rings is 2. The standard InChI is InChI=1S/C20H20N4O5S/c1-3-29-20(26)14-5-4-6-16(11-14)22-18(25)17-12-21-23-19(17)30(27,28)24-15-9-7-13(2)8-10-15/h4-12,24H,3H2,1-2H3,(H,21,23)(H,22,25). The van der Waals surface area contributed by atoms with Crippen LogP contribution in [0.2, 0.25) is 0 Å². The minimum absolute atomic E-state index is 0.170.